The molecule has 0 amide bonds. The fourth-order valence-electron chi connectivity index (χ4n) is 3.13. The molecule has 2 atom stereocenters. The molecule has 3 N–H and O–H groups in total. The van der Waals surface area contributed by atoms with Crippen molar-refractivity contribution in [3.8, 4) is 0 Å². The lowest BCUT2D eigenvalue weighted by molar-refractivity contribution is -0.0780. The van der Waals surface area contributed by atoms with Gasteiger partial charge in [-0.3, -0.25) is 11.3 Å². The zero-order valence-corrected chi connectivity index (χ0v) is 11.9. The Morgan fingerprint density at radius 1 is 1.50 bits per heavy atom. The molecule has 1 aliphatic rings. The second kappa shape index (κ2) is 4.33. The van der Waals surface area contributed by atoms with Gasteiger partial charge in [0.05, 0.1) is 29.3 Å². The Morgan fingerprint density at radius 2 is 2.17 bits per heavy atom. The molecule has 0 aromatic carbocycles. The van der Waals surface area contributed by atoms with Gasteiger partial charge in [-0.05, 0) is 34.1 Å². The van der Waals surface area contributed by atoms with Crippen LogP contribution in [-0.2, 0) is 11.8 Å². The van der Waals surface area contributed by atoms with Crippen LogP contribution in [0.4, 0.5) is 0 Å². The van der Waals surface area contributed by atoms with E-state index in [-0.39, 0.29) is 17.2 Å². The SMILES string of the molecule is Cn1cnc(C(NN)C2CC(C)(C)OC2(C)C)c1. The summed E-state index contributed by atoms with van der Waals surface area (Å²) in [5.74, 6) is 6.05. The fourth-order valence-corrected chi connectivity index (χ4v) is 3.13. The highest BCUT2D eigenvalue weighted by atomic mass is 16.5. The molecular weight excluding hydrogens is 228 g/mol. The molecule has 102 valence electrons. The van der Waals surface area contributed by atoms with Gasteiger partial charge in [0.1, 0.15) is 0 Å². The lowest BCUT2D eigenvalue weighted by Crippen LogP contribution is -2.41. The monoisotopic (exact) mass is 252 g/mol. The number of hydrazine groups is 1. The van der Waals surface area contributed by atoms with Crippen LogP contribution >= 0.6 is 0 Å². The Balaban J connectivity index is 2.28. The summed E-state index contributed by atoms with van der Waals surface area (Å²) in [7, 11) is 1.96. The fraction of sp³-hybridized carbons (Fsp3) is 0.769. The van der Waals surface area contributed by atoms with E-state index in [2.05, 4.69) is 38.1 Å². The molecule has 2 unspecified atom stereocenters. The molecule has 0 bridgehead atoms. The van der Waals surface area contributed by atoms with Gasteiger partial charge in [-0.15, -0.1) is 0 Å². The molecule has 1 saturated heterocycles. The van der Waals surface area contributed by atoms with Crippen LogP contribution in [0.15, 0.2) is 12.5 Å². The van der Waals surface area contributed by atoms with Crippen LogP contribution in [0.1, 0.15) is 45.9 Å². The largest absolute Gasteiger partial charge is 0.369 e. The second-order valence-corrected chi connectivity index (χ2v) is 6.38. The van der Waals surface area contributed by atoms with Gasteiger partial charge in [0.25, 0.3) is 0 Å². The minimum Gasteiger partial charge on any atom is -0.369 e. The summed E-state index contributed by atoms with van der Waals surface area (Å²) < 4.78 is 8.07. The summed E-state index contributed by atoms with van der Waals surface area (Å²) in [6.45, 7) is 8.50. The smallest absolute Gasteiger partial charge is 0.0947 e. The predicted octanol–water partition coefficient (Wildman–Crippen LogP) is 1.52. The summed E-state index contributed by atoms with van der Waals surface area (Å²) in [6.07, 6.45) is 4.77. The van der Waals surface area contributed by atoms with Crippen molar-refractivity contribution in [2.75, 3.05) is 0 Å². The van der Waals surface area contributed by atoms with Gasteiger partial charge in [-0.1, -0.05) is 0 Å². The number of nitrogens with two attached hydrogens (primary N) is 1. The normalized spacial score (nSPS) is 27.3. The van der Waals surface area contributed by atoms with Crippen molar-refractivity contribution >= 4 is 0 Å². The highest BCUT2D eigenvalue weighted by molar-refractivity contribution is 5.10. The number of aryl methyl sites for hydroxylation is 1. The molecule has 0 saturated carbocycles. The Kier molecular flexibility index (Phi) is 3.25. The maximum atomic E-state index is 6.13. The molecule has 0 aliphatic carbocycles. The second-order valence-electron chi connectivity index (χ2n) is 6.38. The first-order chi connectivity index (χ1) is 8.25. The van der Waals surface area contributed by atoms with Crippen molar-refractivity contribution in [1.29, 1.82) is 0 Å². The summed E-state index contributed by atoms with van der Waals surface area (Å²) in [5.41, 5.74) is 3.56. The third kappa shape index (κ3) is 2.43. The number of hydrogen-bond acceptors (Lipinski definition) is 4. The van der Waals surface area contributed by atoms with Crippen molar-refractivity contribution in [3.63, 3.8) is 0 Å². The number of rotatable bonds is 3. The van der Waals surface area contributed by atoms with Crippen LogP contribution in [0, 0.1) is 5.92 Å². The van der Waals surface area contributed by atoms with Crippen LogP contribution in [0.25, 0.3) is 0 Å². The molecule has 1 aliphatic heterocycles. The number of aromatic nitrogens is 2. The highest BCUT2D eigenvalue weighted by Gasteiger charge is 2.49. The van der Waals surface area contributed by atoms with E-state index in [4.69, 9.17) is 10.6 Å². The average molecular weight is 252 g/mol. The third-order valence-corrected chi connectivity index (χ3v) is 3.77. The Labute approximate surface area is 109 Å². The van der Waals surface area contributed by atoms with E-state index >= 15 is 0 Å². The van der Waals surface area contributed by atoms with E-state index in [1.165, 1.54) is 0 Å². The Hall–Kier alpha value is -0.910. The van der Waals surface area contributed by atoms with Crippen molar-refractivity contribution in [2.24, 2.45) is 18.8 Å². The van der Waals surface area contributed by atoms with Crippen LogP contribution in [0.3, 0.4) is 0 Å². The summed E-state index contributed by atoms with van der Waals surface area (Å²) in [5, 5.41) is 0. The third-order valence-electron chi connectivity index (χ3n) is 3.77. The summed E-state index contributed by atoms with van der Waals surface area (Å²) in [6, 6.07) is 0.0166. The van der Waals surface area contributed by atoms with Crippen LogP contribution in [0.2, 0.25) is 0 Å². The van der Waals surface area contributed by atoms with Gasteiger partial charge in [-0.25, -0.2) is 4.98 Å². The minimum atomic E-state index is -0.210. The first-order valence-corrected chi connectivity index (χ1v) is 6.39. The number of hydrogen-bond donors (Lipinski definition) is 2. The van der Waals surface area contributed by atoms with E-state index in [0.29, 0.717) is 5.92 Å². The molecule has 5 heteroatoms. The topological polar surface area (TPSA) is 65.1 Å². The lowest BCUT2D eigenvalue weighted by atomic mass is 9.81. The zero-order valence-electron chi connectivity index (χ0n) is 11.9. The van der Waals surface area contributed by atoms with Gasteiger partial charge >= 0.3 is 0 Å². The Morgan fingerprint density at radius 3 is 2.56 bits per heavy atom. The first-order valence-electron chi connectivity index (χ1n) is 6.39. The molecule has 2 rings (SSSR count). The number of ether oxygens (including phenoxy) is 1. The molecule has 18 heavy (non-hydrogen) atoms. The van der Waals surface area contributed by atoms with E-state index < -0.39 is 0 Å². The minimum absolute atomic E-state index is 0.0166. The van der Waals surface area contributed by atoms with Crippen molar-refractivity contribution < 1.29 is 4.74 Å². The van der Waals surface area contributed by atoms with Crippen molar-refractivity contribution in [3.05, 3.63) is 18.2 Å². The first kappa shape index (κ1) is 13.5. The average Bonchev–Trinajstić information content (AvgIpc) is 2.70. The maximum Gasteiger partial charge on any atom is 0.0947 e. The van der Waals surface area contributed by atoms with Crippen LogP contribution < -0.4 is 11.3 Å². The van der Waals surface area contributed by atoms with Crippen LogP contribution in [0.5, 0.6) is 0 Å². The van der Waals surface area contributed by atoms with E-state index in [9.17, 15) is 0 Å². The van der Waals surface area contributed by atoms with Crippen molar-refractivity contribution in [1.82, 2.24) is 15.0 Å². The van der Waals surface area contributed by atoms with E-state index in [0.717, 1.165) is 12.1 Å². The number of nitrogens with one attached hydrogen (secondary N) is 1. The van der Waals surface area contributed by atoms with Gasteiger partial charge in [0.2, 0.25) is 0 Å². The molecule has 0 spiro atoms. The molecule has 5 nitrogen and oxygen atoms in total. The van der Waals surface area contributed by atoms with E-state index in [1.54, 1.807) is 6.33 Å². The lowest BCUT2D eigenvalue weighted by Gasteiger charge is -2.31. The maximum absolute atomic E-state index is 6.13. The van der Waals surface area contributed by atoms with Crippen LogP contribution in [-0.4, -0.2) is 20.8 Å². The number of nitrogens with zero attached hydrogens (tertiary/aromatic N) is 2. The number of imidazole rings is 1. The van der Waals surface area contributed by atoms with Gasteiger partial charge < -0.3 is 9.30 Å². The van der Waals surface area contributed by atoms with Gasteiger partial charge in [-0.2, -0.15) is 0 Å². The quantitative estimate of drug-likeness (QED) is 0.632. The summed E-state index contributed by atoms with van der Waals surface area (Å²) in [4.78, 5) is 4.41. The predicted molar refractivity (Wildman–Crippen MR) is 70.6 cm³/mol. The molecule has 1 aromatic heterocycles. The summed E-state index contributed by atoms with van der Waals surface area (Å²) >= 11 is 0. The molecule has 2 heterocycles. The van der Waals surface area contributed by atoms with E-state index in [1.807, 2.05) is 17.8 Å². The molecule has 1 fully saturated rings. The molecule has 0 radical (unpaired) electrons. The standard InChI is InChI=1S/C13H24N4O/c1-12(2)6-9(13(3,4)18-12)11(16-14)10-7-17(5)8-15-10/h7-9,11,16H,6,14H2,1-5H3. The molecular formula is C13H24N4O. The Bertz CT molecular complexity index is 424. The van der Waals surface area contributed by atoms with Crippen molar-refractivity contribution in [2.45, 2.75) is 51.4 Å². The zero-order chi connectivity index (χ0) is 13.6. The highest BCUT2D eigenvalue weighted by Crippen LogP contribution is 2.47. The molecule has 1 aromatic rings. The van der Waals surface area contributed by atoms with Gasteiger partial charge in [0, 0.05) is 19.2 Å². The van der Waals surface area contributed by atoms with Gasteiger partial charge in [0.15, 0.2) is 0 Å².